The van der Waals surface area contributed by atoms with Crippen molar-refractivity contribution in [1.29, 1.82) is 0 Å². The third kappa shape index (κ3) is 3.54. The molecule has 0 saturated heterocycles. The molecule has 6 heteroatoms. The minimum absolute atomic E-state index is 0.208. The predicted octanol–water partition coefficient (Wildman–Crippen LogP) is 3.68. The number of benzene rings is 1. The van der Waals surface area contributed by atoms with Crippen LogP contribution in [0, 0.1) is 0 Å². The SMILES string of the molecule is COc1ccc(N=C(Br)C(F)(F)F)cc1. The molecule has 0 bridgehead atoms. The van der Waals surface area contributed by atoms with Crippen molar-refractivity contribution < 1.29 is 17.9 Å². The second-order valence-electron chi connectivity index (χ2n) is 2.60. The Morgan fingerprint density at radius 1 is 1.27 bits per heavy atom. The molecule has 0 heterocycles. The normalized spacial score (nSPS) is 12.7. The van der Waals surface area contributed by atoms with E-state index in [0.29, 0.717) is 5.75 Å². The molecule has 0 radical (unpaired) electrons. The molecular weight excluding hydrogens is 275 g/mol. The van der Waals surface area contributed by atoms with Crippen LogP contribution in [-0.4, -0.2) is 17.9 Å². The van der Waals surface area contributed by atoms with E-state index in [4.69, 9.17) is 4.74 Å². The molecule has 2 nitrogen and oxygen atoms in total. The molecule has 0 aliphatic rings. The Balaban J connectivity index is 2.89. The summed E-state index contributed by atoms with van der Waals surface area (Å²) in [4.78, 5) is 3.36. The summed E-state index contributed by atoms with van der Waals surface area (Å²) < 4.78 is 40.0. The van der Waals surface area contributed by atoms with Crippen LogP contribution in [0.25, 0.3) is 0 Å². The van der Waals surface area contributed by atoms with Crippen LogP contribution in [0.2, 0.25) is 0 Å². The lowest BCUT2D eigenvalue weighted by atomic mass is 10.3. The maximum absolute atomic E-state index is 12.1. The average molecular weight is 282 g/mol. The monoisotopic (exact) mass is 281 g/mol. The smallest absolute Gasteiger partial charge is 0.440 e. The molecule has 0 fully saturated rings. The molecule has 0 unspecified atom stereocenters. The maximum atomic E-state index is 12.1. The fourth-order valence-electron chi connectivity index (χ4n) is 0.833. The molecule has 82 valence electrons. The molecule has 1 rings (SSSR count). The summed E-state index contributed by atoms with van der Waals surface area (Å²) in [5, 5.41) is 0. The molecule has 0 atom stereocenters. The quantitative estimate of drug-likeness (QED) is 0.758. The largest absolute Gasteiger partial charge is 0.497 e. The van der Waals surface area contributed by atoms with Gasteiger partial charge in [0, 0.05) is 0 Å². The highest BCUT2D eigenvalue weighted by atomic mass is 79.9. The van der Waals surface area contributed by atoms with Crippen molar-refractivity contribution in [3.8, 4) is 5.75 Å². The Morgan fingerprint density at radius 2 is 1.80 bits per heavy atom. The van der Waals surface area contributed by atoms with Gasteiger partial charge in [0.15, 0.2) is 4.62 Å². The lowest BCUT2D eigenvalue weighted by Gasteiger charge is -2.04. The topological polar surface area (TPSA) is 21.6 Å². The fraction of sp³-hybridized carbons (Fsp3) is 0.222. The van der Waals surface area contributed by atoms with Gasteiger partial charge < -0.3 is 4.74 Å². The molecule has 0 N–H and O–H groups in total. The second-order valence-corrected chi connectivity index (χ2v) is 3.35. The van der Waals surface area contributed by atoms with Crippen LogP contribution in [0.15, 0.2) is 29.3 Å². The summed E-state index contributed by atoms with van der Waals surface area (Å²) in [6, 6.07) is 5.95. The number of ether oxygens (including phenoxy) is 1. The molecular formula is C9H7BrF3NO. The number of alkyl halides is 3. The first-order chi connectivity index (χ1) is 6.93. The van der Waals surface area contributed by atoms with Crippen LogP contribution in [0.4, 0.5) is 18.9 Å². The zero-order chi connectivity index (χ0) is 11.5. The molecule has 0 saturated carbocycles. The van der Waals surface area contributed by atoms with Crippen LogP contribution in [0.3, 0.4) is 0 Å². The Kier molecular flexibility index (Phi) is 3.73. The van der Waals surface area contributed by atoms with Crippen LogP contribution >= 0.6 is 15.9 Å². The van der Waals surface area contributed by atoms with E-state index in [0.717, 1.165) is 0 Å². The molecule has 1 aromatic rings. The zero-order valence-corrected chi connectivity index (χ0v) is 9.26. The molecule has 0 spiro atoms. The van der Waals surface area contributed by atoms with Crippen molar-refractivity contribution in [3.05, 3.63) is 24.3 Å². The Hall–Kier alpha value is -1.04. The minimum Gasteiger partial charge on any atom is -0.497 e. The molecule has 0 aromatic heterocycles. The van der Waals surface area contributed by atoms with E-state index in [1.165, 1.54) is 31.4 Å². The van der Waals surface area contributed by atoms with Gasteiger partial charge in [0.2, 0.25) is 0 Å². The Labute approximate surface area is 92.9 Å². The summed E-state index contributed by atoms with van der Waals surface area (Å²) >= 11 is 2.36. The summed E-state index contributed by atoms with van der Waals surface area (Å²) in [6.45, 7) is 0. The van der Waals surface area contributed by atoms with E-state index in [1.807, 2.05) is 0 Å². The predicted molar refractivity (Wildman–Crippen MR) is 55.1 cm³/mol. The number of halogens is 4. The van der Waals surface area contributed by atoms with Crippen LogP contribution in [0.5, 0.6) is 5.75 Å². The molecule has 0 aliphatic heterocycles. The summed E-state index contributed by atoms with van der Waals surface area (Å²) in [5.41, 5.74) is 0.208. The van der Waals surface area contributed by atoms with Crippen molar-refractivity contribution in [1.82, 2.24) is 0 Å². The van der Waals surface area contributed by atoms with Crippen molar-refractivity contribution >= 4 is 26.2 Å². The van der Waals surface area contributed by atoms with E-state index in [1.54, 1.807) is 0 Å². The van der Waals surface area contributed by atoms with Crippen LogP contribution in [0.1, 0.15) is 0 Å². The average Bonchev–Trinajstić information content (AvgIpc) is 2.17. The third-order valence-electron chi connectivity index (χ3n) is 1.53. The highest BCUT2D eigenvalue weighted by Crippen LogP contribution is 2.25. The lowest BCUT2D eigenvalue weighted by Crippen LogP contribution is -2.16. The van der Waals surface area contributed by atoms with Crippen molar-refractivity contribution in [2.24, 2.45) is 4.99 Å². The Morgan fingerprint density at radius 3 is 2.20 bits per heavy atom. The van der Waals surface area contributed by atoms with Gasteiger partial charge in [-0.3, -0.25) is 0 Å². The number of methoxy groups -OCH3 is 1. The van der Waals surface area contributed by atoms with Gasteiger partial charge in [-0.2, -0.15) is 13.2 Å². The number of hydrogen-bond acceptors (Lipinski definition) is 2. The molecule has 15 heavy (non-hydrogen) atoms. The van der Waals surface area contributed by atoms with E-state index in [9.17, 15) is 13.2 Å². The van der Waals surface area contributed by atoms with Crippen molar-refractivity contribution in [3.63, 3.8) is 0 Å². The van der Waals surface area contributed by atoms with E-state index < -0.39 is 10.8 Å². The van der Waals surface area contributed by atoms with Gasteiger partial charge in [0.05, 0.1) is 12.8 Å². The standard InChI is InChI=1S/C9H7BrF3NO/c1-15-7-4-2-6(3-5-7)14-8(10)9(11,12)13/h2-5H,1H3. The fourth-order valence-corrected chi connectivity index (χ4v) is 1.04. The van der Waals surface area contributed by atoms with Gasteiger partial charge >= 0.3 is 6.18 Å². The van der Waals surface area contributed by atoms with E-state index in [-0.39, 0.29) is 5.69 Å². The minimum atomic E-state index is -4.46. The summed E-state index contributed by atoms with van der Waals surface area (Å²) in [7, 11) is 1.48. The van der Waals surface area contributed by atoms with Gasteiger partial charge in [-0.1, -0.05) is 0 Å². The van der Waals surface area contributed by atoms with Crippen molar-refractivity contribution in [2.45, 2.75) is 6.18 Å². The number of nitrogens with zero attached hydrogens (tertiary/aromatic N) is 1. The zero-order valence-electron chi connectivity index (χ0n) is 7.68. The van der Waals surface area contributed by atoms with Crippen molar-refractivity contribution in [2.75, 3.05) is 7.11 Å². The highest BCUT2D eigenvalue weighted by Gasteiger charge is 2.33. The first-order valence-corrected chi connectivity index (χ1v) is 4.68. The Bertz CT molecular complexity index is 359. The highest BCUT2D eigenvalue weighted by molar-refractivity contribution is 9.18. The van der Waals surface area contributed by atoms with E-state index >= 15 is 0 Å². The van der Waals surface area contributed by atoms with Crippen LogP contribution in [-0.2, 0) is 0 Å². The number of hydrogen-bond donors (Lipinski definition) is 0. The van der Waals surface area contributed by atoms with Gasteiger partial charge in [-0.05, 0) is 40.2 Å². The number of aliphatic imine (C=N–C) groups is 1. The molecule has 1 aromatic carbocycles. The van der Waals surface area contributed by atoms with Gasteiger partial charge in [0.1, 0.15) is 5.75 Å². The second kappa shape index (κ2) is 4.65. The first-order valence-electron chi connectivity index (χ1n) is 3.89. The lowest BCUT2D eigenvalue weighted by molar-refractivity contribution is -0.0550. The van der Waals surface area contributed by atoms with Gasteiger partial charge in [0.25, 0.3) is 0 Å². The van der Waals surface area contributed by atoms with Gasteiger partial charge in [-0.15, -0.1) is 0 Å². The third-order valence-corrected chi connectivity index (χ3v) is 2.16. The summed E-state index contributed by atoms with van der Waals surface area (Å²) in [6.07, 6.45) is -4.46. The van der Waals surface area contributed by atoms with Crippen LogP contribution < -0.4 is 4.74 Å². The molecule has 0 amide bonds. The van der Waals surface area contributed by atoms with Gasteiger partial charge in [-0.25, -0.2) is 4.99 Å². The molecule has 0 aliphatic carbocycles. The number of rotatable bonds is 2. The first kappa shape index (κ1) is 12.0. The summed E-state index contributed by atoms with van der Waals surface area (Å²) in [5.74, 6) is 0.567. The maximum Gasteiger partial charge on any atom is 0.440 e. The van der Waals surface area contributed by atoms with E-state index in [2.05, 4.69) is 20.9 Å².